The maximum absolute atomic E-state index is 14.2. The first-order chi connectivity index (χ1) is 11.2. The number of rotatable bonds is 4. The number of aliphatic hydroxyl groups excluding tert-OH is 1. The van der Waals surface area contributed by atoms with E-state index in [1.807, 2.05) is 4.90 Å². The van der Waals surface area contributed by atoms with E-state index in [0.717, 1.165) is 12.1 Å². The standard InChI is InChI=1S/C15H19BrFN3O3S/c1-10-8-19(9-11(2)21)3-4-20(10)24(22,23)15-6-13(16)12(7-18)5-14(15)17/h5-6,10-11,21H,3-4,8-9H2,1-2H3. The summed E-state index contributed by atoms with van der Waals surface area (Å²) in [5.74, 6) is -0.937. The molecule has 1 aromatic carbocycles. The highest BCUT2D eigenvalue weighted by atomic mass is 79.9. The molecule has 0 aliphatic carbocycles. The summed E-state index contributed by atoms with van der Waals surface area (Å²) in [6.07, 6.45) is -0.493. The molecule has 1 aromatic rings. The van der Waals surface area contributed by atoms with Gasteiger partial charge in [-0.2, -0.15) is 9.57 Å². The van der Waals surface area contributed by atoms with Crippen LogP contribution in [0, 0.1) is 17.1 Å². The zero-order chi connectivity index (χ0) is 18.1. The summed E-state index contributed by atoms with van der Waals surface area (Å²) < 4.78 is 41.4. The molecule has 2 unspecified atom stereocenters. The van der Waals surface area contributed by atoms with E-state index in [4.69, 9.17) is 5.26 Å². The quantitative estimate of drug-likeness (QED) is 0.799. The number of β-amino-alcohol motifs (C(OH)–C–C–N with tert-alkyl or cyclic N) is 1. The van der Waals surface area contributed by atoms with Crippen LogP contribution in [0.1, 0.15) is 19.4 Å². The summed E-state index contributed by atoms with van der Waals surface area (Å²) in [6, 6.07) is 3.51. The van der Waals surface area contributed by atoms with Crippen molar-refractivity contribution in [3.05, 3.63) is 28.0 Å². The number of sulfonamides is 1. The van der Waals surface area contributed by atoms with Crippen molar-refractivity contribution in [2.45, 2.75) is 30.9 Å². The van der Waals surface area contributed by atoms with Crippen LogP contribution in [0.4, 0.5) is 4.39 Å². The summed E-state index contributed by atoms with van der Waals surface area (Å²) in [5.41, 5.74) is 0.0428. The Hall–Kier alpha value is -1.05. The number of halogens is 2. The molecule has 1 aliphatic heterocycles. The minimum absolute atomic E-state index is 0.0428. The summed E-state index contributed by atoms with van der Waals surface area (Å²) in [7, 11) is -4.01. The van der Waals surface area contributed by atoms with Gasteiger partial charge in [-0.3, -0.25) is 4.90 Å². The van der Waals surface area contributed by atoms with E-state index in [1.165, 1.54) is 4.31 Å². The average molecular weight is 420 g/mol. The Morgan fingerprint density at radius 2 is 2.17 bits per heavy atom. The topological polar surface area (TPSA) is 84.6 Å². The normalized spacial score (nSPS) is 21.4. The van der Waals surface area contributed by atoms with Crippen LogP contribution < -0.4 is 0 Å². The Balaban J connectivity index is 2.29. The lowest BCUT2D eigenvalue weighted by atomic mass is 10.2. The first-order valence-corrected chi connectivity index (χ1v) is 9.71. The van der Waals surface area contributed by atoms with Gasteiger partial charge in [-0.25, -0.2) is 12.8 Å². The van der Waals surface area contributed by atoms with Gasteiger partial charge in [-0.15, -0.1) is 0 Å². The molecule has 132 valence electrons. The van der Waals surface area contributed by atoms with Gasteiger partial charge in [0.1, 0.15) is 16.8 Å². The molecule has 0 spiro atoms. The molecular weight excluding hydrogens is 401 g/mol. The van der Waals surface area contributed by atoms with Gasteiger partial charge in [0, 0.05) is 36.7 Å². The summed E-state index contributed by atoms with van der Waals surface area (Å²) in [6.45, 7) is 5.04. The monoisotopic (exact) mass is 419 g/mol. The minimum atomic E-state index is -4.01. The zero-order valence-corrected chi connectivity index (χ0v) is 15.8. The van der Waals surface area contributed by atoms with Crippen molar-refractivity contribution in [3.8, 4) is 6.07 Å². The van der Waals surface area contributed by atoms with Crippen molar-refractivity contribution < 1.29 is 17.9 Å². The molecule has 0 amide bonds. The summed E-state index contributed by atoms with van der Waals surface area (Å²) >= 11 is 3.10. The molecule has 24 heavy (non-hydrogen) atoms. The van der Waals surface area contributed by atoms with Crippen LogP contribution in [0.15, 0.2) is 21.5 Å². The molecule has 2 rings (SSSR count). The van der Waals surface area contributed by atoms with Crippen LogP contribution in [-0.2, 0) is 10.0 Å². The average Bonchev–Trinajstić information content (AvgIpc) is 2.48. The van der Waals surface area contributed by atoms with Gasteiger partial charge in [0.05, 0.1) is 11.7 Å². The fourth-order valence-electron chi connectivity index (χ4n) is 2.85. The van der Waals surface area contributed by atoms with Crippen LogP contribution in [0.2, 0.25) is 0 Å². The second kappa shape index (κ2) is 7.45. The lowest BCUT2D eigenvalue weighted by molar-refractivity contribution is 0.0839. The maximum Gasteiger partial charge on any atom is 0.246 e. The highest BCUT2D eigenvalue weighted by Crippen LogP contribution is 2.28. The Morgan fingerprint density at radius 1 is 1.50 bits per heavy atom. The number of piperazine rings is 1. The fourth-order valence-corrected chi connectivity index (χ4v) is 5.12. The van der Waals surface area contributed by atoms with Crippen LogP contribution in [-0.4, -0.2) is 61.1 Å². The number of hydrogen-bond acceptors (Lipinski definition) is 5. The van der Waals surface area contributed by atoms with Crippen LogP contribution in [0.5, 0.6) is 0 Å². The molecule has 6 nitrogen and oxygen atoms in total. The third kappa shape index (κ3) is 3.95. The van der Waals surface area contributed by atoms with E-state index >= 15 is 0 Å². The van der Waals surface area contributed by atoms with Gasteiger partial charge in [-0.05, 0) is 41.9 Å². The second-order valence-corrected chi connectivity index (χ2v) is 8.66. The van der Waals surface area contributed by atoms with Crippen LogP contribution in [0.3, 0.4) is 0 Å². The van der Waals surface area contributed by atoms with Crippen LogP contribution >= 0.6 is 15.9 Å². The highest BCUT2D eigenvalue weighted by molar-refractivity contribution is 9.10. The van der Waals surface area contributed by atoms with E-state index in [-0.39, 0.29) is 22.6 Å². The van der Waals surface area contributed by atoms with E-state index < -0.39 is 26.8 Å². The number of nitriles is 1. The van der Waals surface area contributed by atoms with Gasteiger partial charge < -0.3 is 5.11 Å². The summed E-state index contributed by atoms with van der Waals surface area (Å²) in [5, 5.41) is 18.4. The van der Waals surface area contributed by atoms with Gasteiger partial charge in [-0.1, -0.05) is 0 Å². The third-order valence-electron chi connectivity index (χ3n) is 3.90. The predicted molar refractivity (Wildman–Crippen MR) is 90.3 cm³/mol. The number of hydrogen-bond donors (Lipinski definition) is 1. The predicted octanol–water partition coefficient (Wildman–Crippen LogP) is 1.54. The smallest absolute Gasteiger partial charge is 0.246 e. The summed E-state index contributed by atoms with van der Waals surface area (Å²) in [4.78, 5) is 1.54. The van der Waals surface area contributed by atoms with E-state index in [9.17, 15) is 17.9 Å². The number of aliphatic hydroxyl groups is 1. The fraction of sp³-hybridized carbons (Fsp3) is 0.533. The van der Waals surface area contributed by atoms with E-state index in [0.29, 0.717) is 19.6 Å². The third-order valence-corrected chi connectivity index (χ3v) is 6.59. The Kier molecular flexibility index (Phi) is 5.99. The molecule has 0 aromatic heterocycles. The first-order valence-electron chi connectivity index (χ1n) is 7.48. The first kappa shape index (κ1) is 19.3. The molecule has 9 heteroatoms. The number of benzene rings is 1. The molecule has 0 saturated carbocycles. The Bertz CT molecular complexity index is 764. The molecule has 1 aliphatic rings. The van der Waals surface area contributed by atoms with Crippen LogP contribution in [0.25, 0.3) is 0 Å². The largest absolute Gasteiger partial charge is 0.392 e. The van der Waals surface area contributed by atoms with Gasteiger partial charge in [0.25, 0.3) is 0 Å². The SMILES string of the molecule is CC(O)CN1CCN(S(=O)(=O)c2cc(Br)c(C#N)cc2F)C(C)C1. The molecule has 0 bridgehead atoms. The second-order valence-electron chi connectivity index (χ2n) is 5.95. The van der Waals surface area contributed by atoms with Crippen molar-refractivity contribution in [1.29, 1.82) is 5.26 Å². The lowest BCUT2D eigenvalue weighted by Gasteiger charge is -2.39. The maximum atomic E-state index is 14.2. The molecule has 1 fully saturated rings. The molecule has 1 heterocycles. The zero-order valence-electron chi connectivity index (χ0n) is 13.4. The van der Waals surface area contributed by atoms with Gasteiger partial charge in [0.2, 0.25) is 10.0 Å². The Labute approximate surface area is 149 Å². The molecule has 0 radical (unpaired) electrons. The van der Waals surface area contributed by atoms with Crippen molar-refractivity contribution in [1.82, 2.24) is 9.21 Å². The minimum Gasteiger partial charge on any atom is -0.392 e. The van der Waals surface area contributed by atoms with E-state index in [2.05, 4.69) is 15.9 Å². The van der Waals surface area contributed by atoms with Crippen molar-refractivity contribution in [2.75, 3.05) is 26.2 Å². The lowest BCUT2D eigenvalue weighted by Crippen LogP contribution is -2.54. The highest BCUT2D eigenvalue weighted by Gasteiger charge is 2.35. The van der Waals surface area contributed by atoms with Crippen molar-refractivity contribution in [3.63, 3.8) is 0 Å². The molecule has 1 saturated heterocycles. The van der Waals surface area contributed by atoms with Gasteiger partial charge >= 0.3 is 0 Å². The Morgan fingerprint density at radius 3 is 2.71 bits per heavy atom. The molecular formula is C15H19BrFN3O3S. The van der Waals surface area contributed by atoms with E-state index in [1.54, 1.807) is 19.9 Å². The molecule has 2 atom stereocenters. The van der Waals surface area contributed by atoms with Crippen molar-refractivity contribution >= 4 is 26.0 Å². The molecule has 1 N–H and O–H groups in total. The van der Waals surface area contributed by atoms with Crippen molar-refractivity contribution in [2.24, 2.45) is 0 Å². The number of nitrogens with zero attached hydrogens (tertiary/aromatic N) is 3. The van der Waals surface area contributed by atoms with Gasteiger partial charge in [0.15, 0.2) is 0 Å².